The van der Waals surface area contributed by atoms with Gasteiger partial charge in [0.1, 0.15) is 0 Å². The Bertz CT molecular complexity index is 867. The van der Waals surface area contributed by atoms with Crippen LogP contribution in [0.1, 0.15) is 31.4 Å². The van der Waals surface area contributed by atoms with Crippen LogP contribution in [0.2, 0.25) is 0 Å². The summed E-state index contributed by atoms with van der Waals surface area (Å²) in [5.74, 6) is 0.610. The van der Waals surface area contributed by atoms with Crippen molar-refractivity contribution in [3.05, 3.63) is 42.2 Å². The Hall–Kier alpha value is -2.44. The van der Waals surface area contributed by atoms with Crippen LogP contribution >= 0.6 is 0 Å². The van der Waals surface area contributed by atoms with Crippen molar-refractivity contribution in [3.8, 4) is 11.3 Å². The number of nitrogens with zero attached hydrogens (tertiary/aromatic N) is 2. The molecule has 4 rings (SSSR count). The van der Waals surface area contributed by atoms with Gasteiger partial charge < -0.3 is 20.7 Å². The molecule has 0 aliphatic carbocycles. The number of nitrogens with one attached hydrogen (secondary N) is 3. The quantitative estimate of drug-likeness (QED) is 0.588. The van der Waals surface area contributed by atoms with Crippen LogP contribution in [-0.4, -0.2) is 39.2 Å². The van der Waals surface area contributed by atoms with E-state index in [2.05, 4.69) is 26.7 Å². The summed E-state index contributed by atoms with van der Waals surface area (Å²) in [6, 6.07) is 8.45. The standard InChI is InChI=1S/C19H23N5O/c1-12(25)15-10-22-19(23-13-5-4-8-20-9-13)24-18(15)16-11-21-17-7-3-2-6-14(16)17/h2-3,6-7,10-13,20-21,25H,4-5,8-9H2,1H3,(H,22,23,24)/t12?,13-/m0/s1. The summed E-state index contributed by atoms with van der Waals surface area (Å²) in [5.41, 5.74) is 3.54. The van der Waals surface area contributed by atoms with Crippen LogP contribution in [0, 0.1) is 0 Å². The van der Waals surface area contributed by atoms with Crippen molar-refractivity contribution < 1.29 is 5.11 Å². The molecule has 6 nitrogen and oxygen atoms in total. The average molecular weight is 337 g/mol. The third kappa shape index (κ3) is 3.23. The number of aromatic nitrogens is 3. The van der Waals surface area contributed by atoms with E-state index < -0.39 is 6.10 Å². The number of anilines is 1. The van der Waals surface area contributed by atoms with Crippen molar-refractivity contribution >= 4 is 16.9 Å². The molecule has 0 saturated carbocycles. The molecular weight excluding hydrogens is 314 g/mol. The predicted molar refractivity (Wildman–Crippen MR) is 99.5 cm³/mol. The molecule has 1 aliphatic heterocycles. The van der Waals surface area contributed by atoms with E-state index >= 15 is 0 Å². The number of aromatic amines is 1. The van der Waals surface area contributed by atoms with Gasteiger partial charge in [0.2, 0.25) is 5.95 Å². The van der Waals surface area contributed by atoms with E-state index in [1.54, 1.807) is 13.1 Å². The molecule has 3 aromatic rings. The highest BCUT2D eigenvalue weighted by Gasteiger charge is 2.19. The van der Waals surface area contributed by atoms with E-state index in [1.807, 2.05) is 24.4 Å². The molecule has 0 amide bonds. The molecule has 3 heterocycles. The highest BCUT2D eigenvalue weighted by atomic mass is 16.3. The van der Waals surface area contributed by atoms with Gasteiger partial charge in [-0.25, -0.2) is 9.97 Å². The third-order valence-electron chi connectivity index (χ3n) is 4.74. The first-order chi connectivity index (χ1) is 12.2. The lowest BCUT2D eigenvalue weighted by atomic mass is 10.0. The van der Waals surface area contributed by atoms with Gasteiger partial charge in [-0.2, -0.15) is 0 Å². The number of H-pyrrole nitrogens is 1. The van der Waals surface area contributed by atoms with Crippen LogP contribution in [-0.2, 0) is 0 Å². The Kier molecular flexibility index (Phi) is 4.38. The van der Waals surface area contributed by atoms with E-state index in [4.69, 9.17) is 4.98 Å². The molecule has 1 aromatic carbocycles. The highest BCUT2D eigenvalue weighted by Crippen LogP contribution is 2.32. The summed E-state index contributed by atoms with van der Waals surface area (Å²) in [6.07, 6.45) is 5.31. The molecule has 0 radical (unpaired) electrons. The zero-order valence-corrected chi connectivity index (χ0v) is 14.3. The van der Waals surface area contributed by atoms with Crippen molar-refractivity contribution in [2.45, 2.75) is 31.9 Å². The summed E-state index contributed by atoms with van der Waals surface area (Å²) < 4.78 is 0. The lowest BCUT2D eigenvalue weighted by Gasteiger charge is -2.24. The Morgan fingerprint density at radius 3 is 3.00 bits per heavy atom. The van der Waals surface area contributed by atoms with Crippen LogP contribution in [0.15, 0.2) is 36.7 Å². The maximum absolute atomic E-state index is 10.2. The molecule has 1 fully saturated rings. The van der Waals surface area contributed by atoms with Gasteiger partial charge in [-0.05, 0) is 32.4 Å². The second-order valence-corrected chi connectivity index (χ2v) is 6.61. The van der Waals surface area contributed by atoms with Crippen molar-refractivity contribution in [2.24, 2.45) is 0 Å². The fourth-order valence-electron chi connectivity index (χ4n) is 3.41. The molecule has 25 heavy (non-hydrogen) atoms. The first kappa shape index (κ1) is 16.1. The summed E-state index contributed by atoms with van der Waals surface area (Å²) >= 11 is 0. The Morgan fingerprint density at radius 2 is 2.20 bits per heavy atom. The minimum absolute atomic E-state index is 0.335. The molecule has 1 saturated heterocycles. The molecule has 6 heteroatoms. The van der Waals surface area contributed by atoms with Crippen LogP contribution in [0.25, 0.3) is 22.2 Å². The van der Waals surface area contributed by atoms with Gasteiger partial charge in [0.05, 0.1) is 11.8 Å². The van der Waals surface area contributed by atoms with Crippen LogP contribution < -0.4 is 10.6 Å². The number of hydrogen-bond donors (Lipinski definition) is 4. The summed E-state index contributed by atoms with van der Waals surface area (Å²) in [6.45, 7) is 3.74. The van der Waals surface area contributed by atoms with Gasteiger partial charge in [0.25, 0.3) is 0 Å². The number of rotatable bonds is 4. The monoisotopic (exact) mass is 337 g/mol. The molecular formula is C19H23N5O. The zero-order chi connectivity index (χ0) is 17.2. The van der Waals surface area contributed by atoms with Crippen molar-refractivity contribution in [1.29, 1.82) is 0 Å². The highest BCUT2D eigenvalue weighted by molar-refractivity contribution is 5.95. The average Bonchev–Trinajstić information content (AvgIpc) is 3.06. The first-order valence-corrected chi connectivity index (χ1v) is 8.81. The number of hydrogen-bond acceptors (Lipinski definition) is 5. The van der Waals surface area contributed by atoms with E-state index in [9.17, 15) is 5.11 Å². The maximum Gasteiger partial charge on any atom is 0.223 e. The lowest BCUT2D eigenvalue weighted by Crippen LogP contribution is -2.38. The van der Waals surface area contributed by atoms with Gasteiger partial charge in [-0.15, -0.1) is 0 Å². The number of benzene rings is 1. The summed E-state index contributed by atoms with van der Waals surface area (Å²) in [7, 11) is 0. The molecule has 0 bridgehead atoms. The van der Waals surface area contributed by atoms with E-state index in [-0.39, 0.29) is 0 Å². The normalized spacial score (nSPS) is 19.0. The number of aliphatic hydroxyl groups is 1. The molecule has 130 valence electrons. The van der Waals surface area contributed by atoms with Crippen molar-refractivity contribution in [3.63, 3.8) is 0 Å². The minimum Gasteiger partial charge on any atom is -0.389 e. The van der Waals surface area contributed by atoms with Gasteiger partial charge >= 0.3 is 0 Å². The van der Waals surface area contributed by atoms with Gasteiger partial charge in [-0.3, -0.25) is 0 Å². The molecule has 4 N–H and O–H groups in total. The van der Waals surface area contributed by atoms with Crippen LogP contribution in [0.3, 0.4) is 0 Å². The fraction of sp³-hybridized carbons (Fsp3) is 0.368. The largest absolute Gasteiger partial charge is 0.389 e. The molecule has 2 atom stereocenters. The maximum atomic E-state index is 10.2. The van der Waals surface area contributed by atoms with E-state index in [0.29, 0.717) is 12.0 Å². The Balaban J connectivity index is 1.74. The molecule has 1 aliphatic rings. The minimum atomic E-state index is -0.631. The summed E-state index contributed by atoms with van der Waals surface area (Å²) in [4.78, 5) is 12.5. The molecule has 0 spiro atoms. The summed E-state index contributed by atoms with van der Waals surface area (Å²) in [5, 5.41) is 18.1. The second kappa shape index (κ2) is 6.82. The SMILES string of the molecule is CC(O)c1cnc(N[C@H]2CCCNC2)nc1-c1c[nH]c2ccccc12. The number of piperidine rings is 1. The van der Waals surface area contributed by atoms with Gasteiger partial charge in [0.15, 0.2) is 0 Å². The van der Waals surface area contributed by atoms with E-state index in [0.717, 1.165) is 53.7 Å². The Labute approximate surface area is 146 Å². The smallest absolute Gasteiger partial charge is 0.223 e. The zero-order valence-electron chi connectivity index (χ0n) is 14.3. The Morgan fingerprint density at radius 1 is 1.32 bits per heavy atom. The molecule has 1 unspecified atom stereocenters. The number of aliphatic hydroxyl groups excluding tert-OH is 1. The van der Waals surface area contributed by atoms with E-state index in [1.165, 1.54) is 0 Å². The van der Waals surface area contributed by atoms with Crippen molar-refractivity contribution in [1.82, 2.24) is 20.3 Å². The predicted octanol–water partition coefficient (Wildman–Crippen LogP) is 2.84. The van der Waals surface area contributed by atoms with Gasteiger partial charge in [-0.1, -0.05) is 18.2 Å². The third-order valence-corrected chi connectivity index (χ3v) is 4.74. The van der Waals surface area contributed by atoms with Crippen LogP contribution in [0.4, 0.5) is 5.95 Å². The van der Waals surface area contributed by atoms with Crippen molar-refractivity contribution in [2.75, 3.05) is 18.4 Å². The topological polar surface area (TPSA) is 85.9 Å². The first-order valence-electron chi connectivity index (χ1n) is 8.81. The van der Waals surface area contributed by atoms with Gasteiger partial charge in [0, 0.05) is 47.0 Å². The molecule has 2 aromatic heterocycles. The number of fused-ring (bicyclic) bond motifs is 1. The van der Waals surface area contributed by atoms with Crippen LogP contribution in [0.5, 0.6) is 0 Å². The fourth-order valence-corrected chi connectivity index (χ4v) is 3.41. The number of para-hydroxylation sites is 1. The lowest BCUT2D eigenvalue weighted by molar-refractivity contribution is 0.199. The second-order valence-electron chi connectivity index (χ2n) is 6.61.